The van der Waals surface area contributed by atoms with E-state index in [4.69, 9.17) is 5.14 Å². The van der Waals surface area contributed by atoms with E-state index in [9.17, 15) is 13.5 Å². The lowest BCUT2D eigenvalue weighted by molar-refractivity contribution is 0.198. The maximum atomic E-state index is 11.2. The molecule has 0 amide bonds. The second-order valence-corrected chi connectivity index (χ2v) is 6.46. The Morgan fingerprint density at radius 3 is 2.65 bits per heavy atom. The molecule has 1 aromatic carbocycles. The number of anilines is 1. The summed E-state index contributed by atoms with van der Waals surface area (Å²) in [5.41, 5.74) is 0.869. The molecule has 1 aliphatic rings. The van der Waals surface area contributed by atoms with Crippen LogP contribution < -0.4 is 10.0 Å². The monoisotopic (exact) mass is 320 g/mol. The second-order valence-electron chi connectivity index (χ2n) is 4.05. The fourth-order valence-electron chi connectivity index (χ4n) is 1.88. The quantitative estimate of drug-likeness (QED) is 0.838. The summed E-state index contributed by atoms with van der Waals surface area (Å²) < 4.78 is 23.0. The summed E-state index contributed by atoms with van der Waals surface area (Å²) in [5.74, 6) is 0. The minimum absolute atomic E-state index is 0.0767. The van der Waals surface area contributed by atoms with Crippen LogP contribution in [0.3, 0.4) is 0 Å². The highest BCUT2D eigenvalue weighted by Crippen LogP contribution is 2.30. The van der Waals surface area contributed by atoms with Gasteiger partial charge in [0.2, 0.25) is 10.0 Å². The number of halogens is 1. The van der Waals surface area contributed by atoms with Crippen molar-refractivity contribution in [3.05, 3.63) is 22.7 Å². The molecule has 1 aromatic rings. The highest BCUT2D eigenvalue weighted by atomic mass is 79.9. The lowest BCUT2D eigenvalue weighted by Crippen LogP contribution is -2.21. The lowest BCUT2D eigenvalue weighted by Gasteiger charge is -2.19. The van der Waals surface area contributed by atoms with Crippen molar-refractivity contribution in [1.29, 1.82) is 0 Å². The topological polar surface area (TPSA) is 83.6 Å². The summed E-state index contributed by atoms with van der Waals surface area (Å²) >= 11 is 3.33. The van der Waals surface area contributed by atoms with E-state index in [0.29, 0.717) is 11.0 Å². The van der Waals surface area contributed by atoms with Gasteiger partial charge in [-0.1, -0.05) is 0 Å². The van der Waals surface area contributed by atoms with Gasteiger partial charge in [-0.3, -0.25) is 0 Å². The Labute approximate surface area is 108 Å². The van der Waals surface area contributed by atoms with Crippen LogP contribution in [0, 0.1) is 0 Å². The second kappa shape index (κ2) is 4.56. The van der Waals surface area contributed by atoms with Crippen molar-refractivity contribution in [2.24, 2.45) is 5.14 Å². The van der Waals surface area contributed by atoms with Crippen molar-refractivity contribution in [1.82, 2.24) is 0 Å². The number of benzene rings is 1. The zero-order chi connectivity index (χ0) is 12.6. The third-order valence-corrected chi connectivity index (χ3v) is 4.30. The first-order chi connectivity index (χ1) is 7.88. The van der Waals surface area contributed by atoms with E-state index in [1.165, 1.54) is 12.1 Å². The Bertz CT molecular complexity index is 532. The van der Waals surface area contributed by atoms with Crippen molar-refractivity contribution in [3.63, 3.8) is 0 Å². The van der Waals surface area contributed by atoms with Crippen molar-refractivity contribution in [2.75, 3.05) is 18.0 Å². The van der Waals surface area contributed by atoms with Gasteiger partial charge in [0.1, 0.15) is 0 Å². The van der Waals surface area contributed by atoms with Gasteiger partial charge in [-0.15, -0.1) is 0 Å². The maximum absolute atomic E-state index is 11.2. The third kappa shape index (κ3) is 2.79. The van der Waals surface area contributed by atoms with Crippen LogP contribution in [0.1, 0.15) is 6.42 Å². The molecule has 0 saturated carbocycles. The number of aliphatic hydroxyl groups is 1. The number of β-amino-alcohol motifs (C(OH)–C–C–N with tert-alkyl or cyclic N) is 1. The minimum Gasteiger partial charge on any atom is -0.391 e. The van der Waals surface area contributed by atoms with Crippen LogP contribution >= 0.6 is 15.9 Å². The Hall–Kier alpha value is -0.630. The van der Waals surface area contributed by atoms with E-state index in [1.54, 1.807) is 6.07 Å². The summed E-state index contributed by atoms with van der Waals surface area (Å²) in [4.78, 5) is 2.08. The van der Waals surface area contributed by atoms with Gasteiger partial charge in [-0.2, -0.15) is 0 Å². The van der Waals surface area contributed by atoms with E-state index >= 15 is 0 Å². The molecule has 1 atom stereocenters. The van der Waals surface area contributed by atoms with Crippen LogP contribution in [-0.4, -0.2) is 32.7 Å². The van der Waals surface area contributed by atoms with E-state index in [2.05, 4.69) is 15.9 Å². The first-order valence-electron chi connectivity index (χ1n) is 5.13. The fourth-order valence-corrected chi connectivity index (χ4v) is 3.20. The van der Waals surface area contributed by atoms with Crippen LogP contribution in [0.2, 0.25) is 0 Å². The Morgan fingerprint density at radius 2 is 2.18 bits per heavy atom. The van der Waals surface area contributed by atoms with Gasteiger partial charge >= 0.3 is 0 Å². The summed E-state index contributed by atoms with van der Waals surface area (Å²) in [6, 6.07) is 4.65. The predicted octanol–water partition coefficient (Wildman–Crippen LogP) is 0.667. The van der Waals surface area contributed by atoms with Crippen molar-refractivity contribution >= 4 is 31.6 Å². The fraction of sp³-hybridized carbons (Fsp3) is 0.400. The van der Waals surface area contributed by atoms with Crippen molar-refractivity contribution < 1.29 is 13.5 Å². The number of hydrogen-bond donors (Lipinski definition) is 2. The Kier molecular flexibility index (Phi) is 3.44. The molecule has 7 heteroatoms. The SMILES string of the molecule is NS(=O)(=O)c1ccc(N2CCC(O)C2)c(Br)c1. The number of primary sulfonamides is 1. The van der Waals surface area contributed by atoms with Crippen LogP contribution in [0.5, 0.6) is 0 Å². The number of nitrogens with zero attached hydrogens (tertiary/aromatic N) is 1. The first-order valence-corrected chi connectivity index (χ1v) is 7.47. The van der Waals surface area contributed by atoms with Gasteiger partial charge in [-0.25, -0.2) is 13.6 Å². The van der Waals surface area contributed by atoms with Gasteiger partial charge in [0.15, 0.2) is 0 Å². The van der Waals surface area contributed by atoms with E-state index in [0.717, 1.165) is 18.7 Å². The van der Waals surface area contributed by atoms with Crippen LogP contribution in [0.15, 0.2) is 27.6 Å². The molecule has 3 N–H and O–H groups in total. The van der Waals surface area contributed by atoms with Gasteiger partial charge in [0.05, 0.1) is 16.7 Å². The van der Waals surface area contributed by atoms with Gasteiger partial charge in [0.25, 0.3) is 0 Å². The average Bonchev–Trinajstić information content (AvgIpc) is 2.63. The lowest BCUT2D eigenvalue weighted by atomic mass is 10.3. The summed E-state index contributed by atoms with van der Waals surface area (Å²) in [6.45, 7) is 1.32. The molecular formula is C10H13BrN2O3S. The normalized spacial score (nSPS) is 20.9. The molecule has 0 spiro atoms. The number of rotatable bonds is 2. The zero-order valence-electron chi connectivity index (χ0n) is 9.01. The highest BCUT2D eigenvalue weighted by molar-refractivity contribution is 9.10. The molecule has 5 nitrogen and oxygen atoms in total. The predicted molar refractivity (Wildman–Crippen MR) is 68.4 cm³/mol. The molecular weight excluding hydrogens is 308 g/mol. The summed E-state index contributed by atoms with van der Waals surface area (Å²) in [7, 11) is -3.67. The summed E-state index contributed by atoms with van der Waals surface area (Å²) in [5, 5.41) is 14.5. The largest absolute Gasteiger partial charge is 0.391 e. The smallest absolute Gasteiger partial charge is 0.238 e. The Balaban J connectivity index is 2.32. The Morgan fingerprint density at radius 1 is 1.47 bits per heavy atom. The number of hydrogen-bond acceptors (Lipinski definition) is 4. The van der Waals surface area contributed by atoms with Gasteiger partial charge < -0.3 is 10.0 Å². The van der Waals surface area contributed by atoms with Crippen molar-refractivity contribution in [2.45, 2.75) is 17.4 Å². The van der Waals surface area contributed by atoms with Crippen molar-refractivity contribution in [3.8, 4) is 0 Å². The van der Waals surface area contributed by atoms with Crippen LogP contribution in [0.4, 0.5) is 5.69 Å². The molecule has 0 radical (unpaired) electrons. The average molecular weight is 321 g/mol. The number of nitrogens with two attached hydrogens (primary N) is 1. The zero-order valence-corrected chi connectivity index (χ0v) is 11.4. The maximum Gasteiger partial charge on any atom is 0.238 e. The molecule has 1 aliphatic heterocycles. The standard InChI is InChI=1S/C10H13BrN2O3S/c11-9-5-8(17(12,15)16)1-2-10(9)13-4-3-7(14)6-13/h1-2,5,7,14H,3-4,6H2,(H2,12,15,16). The van der Waals surface area contributed by atoms with E-state index in [-0.39, 0.29) is 11.0 Å². The van der Waals surface area contributed by atoms with Gasteiger partial charge in [-0.05, 0) is 40.5 Å². The molecule has 94 valence electrons. The molecule has 1 unspecified atom stereocenters. The van der Waals surface area contributed by atoms with Crippen LogP contribution in [-0.2, 0) is 10.0 Å². The van der Waals surface area contributed by atoms with E-state index in [1.807, 2.05) is 4.90 Å². The van der Waals surface area contributed by atoms with Gasteiger partial charge in [0, 0.05) is 17.6 Å². The third-order valence-electron chi connectivity index (χ3n) is 2.75. The molecule has 17 heavy (non-hydrogen) atoms. The molecule has 0 aromatic heterocycles. The number of aliphatic hydroxyl groups excluding tert-OH is 1. The first kappa shape index (κ1) is 12.8. The molecule has 1 heterocycles. The minimum atomic E-state index is -3.67. The molecule has 1 fully saturated rings. The number of sulfonamides is 1. The summed E-state index contributed by atoms with van der Waals surface area (Å²) in [6.07, 6.45) is 0.406. The van der Waals surface area contributed by atoms with Crippen LogP contribution in [0.25, 0.3) is 0 Å². The molecule has 0 aliphatic carbocycles. The molecule has 0 bridgehead atoms. The van der Waals surface area contributed by atoms with E-state index < -0.39 is 10.0 Å². The highest BCUT2D eigenvalue weighted by Gasteiger charge is 2.22. The molecule has 2 rings (SSSR count). The molecule has 1 saturated heterocycles.